The molecule has 104 valence electrons. The van der Waals surface area contributed by atoms with Crippen molar-refractivity contribution in [2.24, 2.45) is 0 Å². The molecule has 0 radical (unpaired) electrons. The summed E-state index contributed by atoms with van der Waals surface area (Å²) in [5.41, 5.74) is 1.88. The number of methoxy groups -OCH3 is 2. The number of thiazole rings is 1. The Morgan fingerprint density at radius 1 is 1.30 bits per heavy atom. The molecule has 0 N–H and O–H groups in total. The standard InChI is InChI=1S/C13H12BrN3O2S/c1-18-10-3-4-15-12(19-2)8(10)5-9-13-17(7-16-9)6-11(14)20-13/h3-4,6-7H,5H2,1-2H3. The fraction of sp³-hybridized carbons (Fsp3) is 0.231. The van der Waals surface area contributed by atoms with E-state index in [1.54, 1.807) is 38.1 Å². The van der Waals surface area contributed by atoms with Gasteiger partial charge in [0.15, 0.2) is 0 Å². The Kier molecular flexibility index (Phi) is 3.62. The number of pyridine rings is 1. The number of fused-ring (bicyclic) bond motifs is 1. The van der Waals surface area contributed by atoms with E-state index in [-0.39, 0.29) is 0 Å². The maximum atomic E-state index is 5.39. The van der Waals surface area contributed by atoms with Gasteiger partial charge in [-0.25, -0.2) is 9.97 Å². The molecule has 5 nitrogen and oxygen atoms in total. The number of rotatable bonds is 4. The summed E-state index contributed by atoms with van der Waals surface area (Å²) in [4.78, 5) is 9.79. The van der Waals surface area contributed by atoms with Crippen LogP contribution in [-0.2, 0) is 6.42 Å². The molecule has 20 heavy (non-hydrogen) atoms. The molecule has 0 amide bonds. The van der Waals surface area contributed by atoms with Crippen LogP contribution in [-0.4, -0.2) is 28.6 Å². The van der Waals surface area contributed by atoms with E-state index in [2.05, 4.69) is 25.9 Å². The van der Waals surface area contributed by atoms with Crippen molar-refractivity contribution in [1.82, 2.24) is 14.4 Å². The van der Waals surface area contributed by atoms with Crippen molar-refractivity contribution in [2.45, 2.75) is 6.42 Å². The van der Waals surface area contributed by atoms with Crippen LogP contribution in [0.5, 0.6) is 11.6 Å². The number of imidazole rings is 1. The van der Waals surface area contributed by atoms with Crippen molar-refractivity contribution in [3.63, 3.8) is 0 Å². The molecule has 0 spiro atoms. The molecular weight excluding hydrogens is 342 g/mol. The van der Waals surface area contributed by atoms with Crippen molar-refractivity contribution >= 4 is 32.1 Å². The van der Waals surface area contributed by atoms with Crippen molar-refractivity contribution in [3.8, 4) is 11.6 Å². The van der Waals surface area contributed by atoms with Gasteiger partial charge in [-0.1, -0.05) is 0 Å². The molecular formula is C13H12BrN3O2S. The maximum Gasteiger partial charge on any atom is 0.220 e. The molecule has 0 unspecified atom stereocenters. The lowest BCUT2D eigenvalue weighted by molar-refractivity contribution is 0.374. The van der Waals surface area contributed by atoms with Crippen LogP contribution in [0.25, 0.3) is 4.83 Å². The molecule has 7 heteroatoms. The summed E-state index contributed by atoms with van der Waals surface area (Å²) in [5, 5.41) is 0. The number of hydrogen-bond acceptors (Lipinski definition) is 5. The van der Waals surface area contributed by atoms with Crippen molar-refractivity contribution in [2.75, 3.05) is 14.2 Å². The van der Waals surface area contributed by atoms with E-state index in [1.807, 2.05) is 16.7 Å². The fourth-order valence-electron chi connectivity index (χ4n) is 2.10. The fourth-order valence-corrected chi connectivity index (χ4v) is 3.57. The predicted octanol–water partition coefficient (Wildman–Crippen LogP) is 3.16. The van der Waals surface area contributed by atoms with Crippen LogP contribution in [0.1, 0.15) is 11.3 Å². The Hall–Kier alpha value is -1.60. The molecule has 0 aliphatic carbocycles. The van der Waals surface area contributed by atoms with E-state index in [9.17, 15) is 0 Å². The summed E-state index contributed by atoms with van der Waals surface area (Å²) in [6, 6.07) is 1.83. The lowest BCUT2D eigenvalue weighted by Crippen LogP contribution is -2.00. The summed E-state index contributed by atoms with van der Waals surface area (Å²) in [5.74, 6) is 1.33. The first-order valence-corrected chi connectivity index (χ1v) is 7.50. The maximum absolute atomic E-state index is 5.39. The number of ether oxygens (including phenoxy) is 2. The zero-order valence-electron chi connectivity index (χ0n) is 11.0. The molecule has 0 bridgehead atoms. The topological polar surface area (TPSA) is 48.7 Å². The zero-order valence-corrected chi connectivity index (χ0v) is 13.4. The third kappa shape index (κ3) is 2.27. The van der Waals surface area contributed by atoms with Crippen molar-refractivity contribution in [1.29, 1.82) is 0 Å². The molecule has 3 aromatic heterocycles. The quantitative estimate of drug-likeness (QED) is 0.722. The highest BCUT2D eigenvalue weighted by molar-refractivity contribution is 9.11. The average Bonchev–Trinajstić information content (AvgIpc) is 2.99. The lowest BCUT2D eigenvalue weighted by atomic mass is 10.1. The predicted molar refractivity (Wildman–Crippen MR) is 80.9 cm³/mol. The minimum Gasteiger partial charge on any atom is -0.496 e. The Balaban J connectivity index is 2.06. The molecule has 0 aromatic carbocycles. The van der Waals surface area contributed by atoms with E-state index >= 15 is 0 Å². The summed E-state index contributed by atoms with van der Waals surface area (Å²) < 4.78 is 13.8. The Morgan fingerprint density at radius 2 is 2.15 bits per heavy atom. The van der Waals surface area contributed by atoms with E-state index < -0.39 is 0 Å². The molecule has 3 heterocycles. The molecule has 0 aliphatic rings. The Morgan fingerprint density at radius 3 is 2.90 bits per heavy atom. The van der Waals surface area contributed by atoms with Gasteiger partial charge in [-0.15, -0.1) is 11.3 Å². The lowest BCUT2D eigenvalue weighted by Gasteiger charge is -2.10. The van der Waals surface area contributed by atoms with Gasteiger partial charge in [-0.3, -0.25) is 4.40 Å². The normalized spacial score (nSPS) is 10.9. The summed E-state index contributed by atoms with van der Waals surface area (Å²) in [7, 11) is 3.25. The van der Waals surface area contributed by atoms with Gasteiger partial charge < -0.3 is 9.47 Å². The number of aromatic nitrogens is 3. The highest BCUT2D eigenvalue weighted by Gasteiger charge is 2.16. The summed E-state index contributed by atoms with van der Waals surface area (Å²) >= 11 is 5.13. The SMILES string of the molecule is COc1ccnc(OC)c1Cc1ncn2cc(Br)sc12. The second kappa shape index (κ2) is 5.41. The molecule has 0 saturated heterocycles. The smallest absolute Gasteiger partial charge is 0.220 e. The van der Waals surface area contributed by atoms with E-state index in [0.29, 0.717) is 12.3 Å². The molecule has 0 aliphatic heterocycles. The number of nitrogens with zero attached hydrogens (tertiary/aromatic N) is 3. The van der Waals surface area contributed by atoms with Crippen LogP contribution in [0.3, 0.4) is 0 Å². The van der Waals surface area contributed by atoms with Gasteiger partial charge in [-0.2, -0.15) is 0 Å². The second-order valence-corrected chi connectivity index (χ2v) is 6.53. The molecule has 3 aromatic rings. The third-order valence-corrected chi connectivity index (χ3v) is 4.62. The van der Waals surface area contributed by atoms with Gasteiger partial charge in [0.05, 0.1) is 29.3 Å². The van der Waals surface area contributed by atoms with Gasteiger partial charge in [-0.05, 0) is 22.0 Å². The van der Waals surface area contributed by atoms with Gasteiger partial charge in [0.1, 0.15) is 16.9 Å². The van der Waals surface area contributed by atoms with Crippen molar-refractivity contribution in [3.05, 3.63) is 39.8 Å². The first kappa shape index (κ1) is 13.4. The molecule has 0 saturated carbocycles. The van der Waals surface area contributed by atoms with Gasteiger partial charge >= 0.3 is 0 Å². The first-order chi connectivity index (χ1) is 9.72. The number of halogens is 1. The first-order valence-electron chi connectivity index (χ1n) is 5.89. The van der Waals surface area contributed by atoms with Crippen LogP contribution >= 0.6 is 27.3 Å². The van der Waals surface area contributed by atoms with Gasteiger partial charge in [0.2, 0.25) is 5.88 Å². The second-order valence-electron chi connectivity index (χ2n) is 4.12. The van der Waals surface area contributed by atoms with E-state index in [0.717, 1.165) is 25.6 Å². The monoisotopic (exact) mass is 353 g/mol. The van der Waals surface area contributed by atoms with Gasteiger partial charge in [0.25, 0.3) is 0 Å². The minimum atomic E-state index is 0.570. The summed E-state index contributed by atoms with van der Waals surface area (Å²) in [6.45, 7) is 0. The van der Waals surface area contributed by atoms with E-state index in [1.165, 1.54) is 0 Å². The Bertz CT molecular complexity index is 731. The third-order valence-electron chi connectivity index (χ3n) is 2.98. The molecule has 0 atom stereocenters. The number of hydrogen-bond donors (Lipinski definition) is 0. The van der Waals surface area contributed by atoms with Crippen molar-refractivity contribution < 1.29 is 9.47 Å². The van der Waals surface area contributed by atoms with Crippen LogP contribution in [0, 0.1) is 0 Å². The zero-order chi connectivity index (χ0) is 14.1. The van der Waals surface area contributed by atoms with E-state index in [4.69, 9.17) is 9.47 Å². The van der Waals surface area contributed by atoms with Crippen LogP contribution in [0.2, 0.25) is 0 Å². The molecule has 0 fully saturated rings. The summed E-state index contributed by atoms with van der Waals surface area (Å²) in [6.07, 6.45) is 6.09. The van der Waals surface area contributed by atoms with Gasteiger partial charge in [0, 0.05) is 18.8 Å². The van der Waals surface area contributed by atoms with Crippen LogP contribution in [0.4, 0.5) is 0 Å². The largest absolute Gasteiger partial charge is 0.496 e. The average molecular weight is 354 g/mol. The van der Waals surface area contributed by atoms with Crippen LogP contribution < -0.4 is 9.47 Å². The Labute approximate surface area is 128 Å². The van der Waals surface area contributed by atoms with Crippen LogP contribution in [0.15, 0.2) is 28.6 Å². The minimum absolute atomic E-state index is 0.570. The highest BCUT2D eigenvalue weighted by Crippen LogP contribution is 2.32. The highest BCUT2D eigenvalue weighted by atomic mass is 79.9. The molecule has 3 rings (SSSR count).